The SMILES string of the molecule is CCCCCCCc1ccc(-c2ccc(C(=O)N[C@H]3CC(O)CNC(=O)C4C(O)C(C)CN4C(=O)C(C(O)CC(N)=O)NC(=O)C(C(O)C(O)c4ccc(O)c(OSOO[O-])c4)NC(=O)C4CC(O)CN4C(=O)C(C(C)O)NC3=O)cc2)cc1.[Na+]. The molecular weight excluding hydrogens is 1150 g/mol. The van der Waals surface area contributed by atoms with Gasteiger partial charge < -0.3 is 92.4 Å². The maximum absolute atomic E-state index is 14.7. The quantitative estimate of drug-likeness (QED) is 0.0165. The number of nitrogens with zero attached hydrogens (tertiary/aromatic N) is 2. The number of benzene rings is 3. The largest absolute Gasteiger partial charge is 1.00 e. The Hall–Kier alpha value is -6.03. The molecule has 85 heavy (non-hydrogen) atoms. The first-order valence-electron chi connectivity index (χ1n) is 27.4. The molecule has 0 radical (unpaired) electrons. The minimum absolute atomic E-state index is 0. The van der Waals surface area contributed by atoms with Gasteiger partial charge in [0.15, 0.2) is 11.5 Å². The normalized spacial score (nSPS) is 26.0. The fourth-order valence-electron chi connectivity index (χ4n) is 10.3. The van der Waals surface area contributed by atoms with Crippen LogP contribution in [0.2, 0.25) is 0 Å². The summed E-state index contributed by atoms with van der Waals surface area (Å²) in [5.74, 6) is -11.8. The van der Waals surface area contributed by atoms with E-state index in [0.717, 1.165) is 71.7 Å². The molecule has 3 aromatic rings. The first-order chi connectivity index (χ1) is 39.9. The van der Waals surface area contributed by atoms with Crippen LogP contribution < -0.4 is 71.3 Å². The summed E-state index contributed by atoms with van der Waals surface area (Å²) in [6.07, 6.45) is -9.33. The van der Waals surface area contributed by atoms with E-state index in [0.29, 0.717) is 0 Å². The molecule has 460 valence electrons. The number of aliphatic hydroxyl groups excluding tert-OH is 7. The van der Waals surface area contributed by atoms with Crippen molar-refractivity contribution in [1.29, 1.82) is 0 Å². The van der Waals surface area contributed by atoms with Crippen LogP contribution in [0.1, 0.15) is 99.7 Å². The van der Waals surface area contributed by atoms with Crippen molar-refractivity contribution in [2.45, 2.75) is 158 Å². The van der Waals surface area contributed by atoms with Gasteiger partial charge in [0.25, 0.3) is 18.2 Å². The number of hydrogen-bond acceptors (Lipinski definition) is 21. The molecule has 6 rings (SSSR count). The van der Waals surface area contributed by atoms with Crippen molar-refractivity contribution < 1.29 is 128 Å². The number of rotatable bonds is 20. The van der Waals surface area contributed by atoms with Crippen molar-refractivity contribution in [3.63, 3.8) is 0 Å². The third-order valence-electron chi connectivity index (χ3n) is 14.9. The van der Waals surface area contributed by atoms with Crippen LogP contribution in [0.4, 0.5) is 0 Å². The molecule has 3 fully saturated rings. The predicted molar refractivity (Wildman–Crippen MR) is 293 cm³/mol. The van der Waals surface area contributed by atoms with Crippen LogP contribution in [-0.2, 0) is 49.4 Å². The molecule has 3 aliphatic heterocycles. The van der Waals surface area contributed by atoms with E-state index >= 15 is 0 Å². The molecule has 3 heterocycles. The summed E-state index contributed by atoms with van der Waals surface area (Å²) in [5, 5.41) is 115. The molecule has 3 aliphatic rings. The molecule has 3 saturated heterocycles. The first-order valence-corrected chi connectivity index (χ1v) is 28.1. The van der Waals surface area contributed by atoms with Crippen molar-refractivity contribution in [3.8, 4) is 22.6 Å². The number of unbranched alkanes of at least 4 members (excludes halogenated alkanes) is 4. The van der Waals surface area contributed by atoms with E-state index in [1.54, 1.807) is 12.1 Å². The Kier molecular flexibility index (Phi) is 26.8. The van der Waals surface area contributed by atoms with E-state index in [2.05, 4.69) is 42.9 Å². The van der Waals surface area contributed by atoms with Gasteiger partial charge in [-0.3, -0.25) is 43.4 Å². The average Bonchev–Trinajstić information content (AvgIpc) is 4.01. The van der Waals surface area contributed by atoms with Crippen LogP contribution in [-0.4, -0.2) is 190 Å². The van der Waals surface area contributed by atoms with Gasteiger partial charge in [-0.1, -0.05) is 82.0 Å². The van der Waals surface area contributed by atoms with Gasteiger partial charge in [-0.05, 0) is 66.3 Å². The second kappa shape index (κ2) is 32.6. The Balaban J connectivity index is 0.0000132. The molecule has 0 saturated carbocycles. The Labute approximate surface area is 515 Å². The topological polar surface area (TPSA) is 442 Å². The van der Waals surface area contributed by atoms with Crippen LogP contribution in [0.5, 0.6) is 11.5 Å². The molecule has 3 aromatic carbocycles. The van der Waals surface area contributed by atoms with Crippen LogP contribution >= 0.6 is 12.3 Å². The Bertz CT molecular complexity index is 2790. The molecule has 0 aliphatic carbocycles. The van der Waals surface area contributed by atoms with E-state index in [1.165, 1.54) is 37.5 Å². The number of β-amino-alcohol motifs (C(OH)–C–C–N with tert-alkyl or cyclic N) is 1. The summed E-state index contributed by atoms with van der Waals surface area (Å²) in [5.41, 5.74) is 7.89. The molecule has 13 unspecified atom stereocenters. The molecule has 30 heteroatoms. The fraction of sp³-hybridized carbons (Fsp3) is 0.527. The molecule has 28 nitrogen and oxygen atoms in total. The number of carbonyl (C=O) groups excluding carboxylic acids is 8. The number of aliphatic hydroxyl groups is 7. The van der Waals surface area contributed by atoms with E-state index in [4.69, 9.17) is 9.92 Å². The van der Waals surface area contributed by atoms with E-state index in [-0.39, 0.29) is 53.0 Å². The van der Waals surface area contributed by atoms with Crippen LogP contribution in [0.15, 0.2) is 66.7 Å². The number of nitrogens with one attached hydrogen (secondary N) is 5. The smallest absolute Gasteiger partial charge is 0.691 e. The van der Waals surface area contributed by atoms with Gasteiger partial charge in [-0.2, -0.15) is 0 Å². The van der Waals surface area contributed by atoms with Crippen molar-refractivity contribution >= 4 is 59.6 Å². The number of phenolic OH excluding ortho intramolecular Hbond substituents is 1. The van der Waals surface area contributed by atoms with Crippen LogP contribution in [0.25, 0.3) is 11.1 Å². The van der Waals surface area contributed by atoms with Gasteiger partial charge in [0.1, 0.15) is 48.5 Å². The summed E-state index contributed by atoms with van der Waals surface area (Å²) < 4.78 is 9.04. The molecule has 8 amide bonds. The number of nitrogens with two attached hydrogens (primary N) is 1. The third-order valence-corrected chi connectivity index (χ3v) is 15.3. The average molecular weight is 1220 g/mol. The zero-order chi connectivity index (χ0) is 61.5. The monoisotopic (exact) mass is 1220 g/mol. The first kappa shape index (κ1) is 69.7. The summed E-state index contributed by atoms with van der Waals surface area (Å²) in [7, 11) is 0. The van der Waals surface area contributed by atoms with Crippen molar-refractivity contribution in [1.82, 2.24) is 36.4 Å². The third kappa shape index (κ3) is 18.5. The Morgan fingerprint density at radius 3 is 2.04 bits per heavy atom. The van der Waals surface area contributed by atoms with E-state index in [9.17, 15) is 84.5 Å². The molecule has 15 N–H and O–H groups in total. The van der Waals surface area contributed by atoms with E-state index in [1.807, 2.05) is 24.3 Å². The minimum atomic E-state index is -2.53. The Morgan fingerprint density at radius 1 is 0.776 bits per heavy atom. The van der Waals surface area contributed by atoms with Crippen molar-refractivity contribution in [2.75, 3.05) is 19.6 Å². The molecule has 14 atom stereocenters. The number of aromatic hydroxyl groups is 1. The van der Waals surface area contributed by atoms with Crippen LogP contribution in [0, 0.1) is 5.92 Å². The molecule has 0 spiro atoms. The second-order valence-electron chi connectivity index (χ2n) is 21.3. The summed E-state index contributed by atoms with van der Waals surface area (Å²) in [6, 6.07) is 5.10. The summed E-state index contributed by atoms with van der Waals surface area (Å²) in [6.45, 7) is 2.91. The number of carbonyl (C=O) groups is 8. The van der Waals surface area contributed by atoms with Gasteiger partial charge in [0.2, 0.25) is 41.4 Å². The van der Waals surface area contributed by atoms with Gasteiger partial charge in [0.05, 0.1) is 36.9 Å². The molecular formula is C55H73N8NaO20S. The fourth-order valence-corrected chi connectivity index (χ4v) is 10.5. The summed E-state index contributed by atoms with van der Waals surface area (Å²) >= 11 is -0.0807. The van der Waals surface area contributed by atoms with Gasteiger partial charge in [0, 0.05) is 44.0 Å². The molecule has 0 bridgehead atoms. The van der Waals surface area contributed by atoms with Crippen molar-refractivity contribution in [3.05, 3.63) is 83.4 Å². The minimum Gasteiger partial charge on any atom is -0.691 e. The van der Waals surface area contributed by atoms with Gasteiger partial charge >= 0.3 is 29.6 Å². The zero-order valence-corrected chi connectivity index (χ0v) is 50.1. The Morgan fingerprint density at radius 2 is 1.40 bits per heavy atom. The predicted octanol–water partition coefficient (Wildman–Crippen LogP) is -5.94. The standard InChI is InChI=1S/C55H74N8O20S.Na/c1-4-5-6-7-8-9-29-10-12-30(13-11-29)31-14-16-32(17-15-31)49(73)58-36-21-34(65)24-57-53(77)45-46(70)27(2)25-63(45)55(79)43(39(68)23-41(56)69)60-52(76)44(48(72)47(71)33-18-19-38(67)40(20-33)81-84-83-82-80)61-51(75)37-22-35(66)26-62(37)54(78)42(28(3)64)59-50(36)74;/h10-20,27-28,34-37,39,42-48,64-68,70-72,80H,4-9,21-26H2,1-3H3,(H2,56,69)(H,57,77)(H,58,73)(H,59,74)(H,60,76)(H,61,75);/q;+1/p-1/t27?,28?,34?,35?,36-,37?,39?,42?,43?,44?,45?,46?,47?,48?;/m0./s1. The van der Waals surface area contributed by atoms with Crippen molar-refractivity contribution in [2.24, 2.45) is 11.7 Å². The van der Waals surface area contributed by atoms with Crippen LogP contribution in [0.3, 0.4) is 0 Å². The number of hydrogen-bond donors (Lipinski definition) is 14. The summed E-state index contributed by atoms with van der Waals surface area (Å²) in [4.78, 5) is 115. The van der Waals surface area contributed by atoms with Gasteiger partial charge in [-0.15, -0.1) is 4.33 Å². The van der Waals surface area contributed by atoms with E-state index < -0.39 is 183 Å². The van der Waals surface area contributed by atoms with Gasteiger partial charge in [-0.25, -0.2) is 0 Å². The number of fused-ring (bicyclic) bond motifs is 2. The maximum Gasteiger partial charge on any atom is 1.00 e. The maximum atomic E-state index is 14.7. The molecule has 0 aromatic heterocycles. The number of aryl methyl sites for hydroxylation is 1. The number of phenols is 1. The second-order valence-corrected chi connectivity index (χ2v) is 21.7. The zero-order valence-electron chi connectivity index (χ0n) is 47.3. The number of amides is 8. The number of primary amides is 1.